The van der Waals surface area contributed by atoms with Crippen molar-refractivity contribution in [2.24, 2.45) is 0 Å². The lowest BCUT2D eigenvalue weighted by molar-refractivity contribution is 0.0687. The molecule has 0 aromatic carbocycles. The van der Waals surface area contributed by atoms with E-state index in [9.17, 15) is 8.42 Å². The Hall–Kier alpha value is -0.180. The smallest absolute Gasteiger partial charge is 0.282 e. The Morgan fingerprint density at radius 2 is 1.58 bits per heavy atom. The van der Waals surface area contributed by atoms with Crippen LogP contribution in [0, 0.1) is 0 Å². The molecule has 2 aliphatic heterocycles. The molecule has 0 spiro atoms. The molecule has 0 bridgehead atoms. The van der Waals surface area contributed by atoms with Gasteiger partial charge in [0.05, 0.1) is 13.2 Å². The highest BCUT2D eigenvalue weighted by Crippen LogP contribution is 2.13. The Balaban J connectivity index is 1.89. The van der Waals surface area contributed by atoms with E-state index in [1.807, 2.05) is 6.08 Å². The number of halogens is 1. The van der Waals surface area contributed by atoms with Crippen LogP contribution in [-0.4, -0.2) is 81.0 Å². The van der Waals surface area contributed by atoms with E-state index in [1.165, 1.54) is 9.84 Å². The van der Waals surface area contributed by atoms with Crippen LogP contribution in [0.4, 0.5) is 0 Å². The van der Waals surface area contributed by atoms with Gasteiger partial charge in [0.25, 0.3) is 10.2 Å². The van der Waals surface area contributed by atoms with Gasteiger partial charge in [-0.25, -0.2) is 0 Å². The molecule has 2 saturated heterocycles. The summed E-state index contributed by atoms with van der Waals surface area (Å²) in [6.07, 6.45) is 1.87. The van der Waals surface area contributed by atoms with Gasteiger partial charge in [-0.15, -0.1) is 0 Å². The molecular weight excluding hydrogens is 290 g/mol. The van der Waals surface area contributed by atoms with Crippen molar-refractivity contribution in [2.45, 2.75) is 0 Å². The molecule has 110 valence electrons. The Kier molecular flexibility index (Phi) is 5.61. The molecule has 0 aromatic heterocycles. The van der Waals surface area contributed by atoms with Gasteiger partial charge in [0.2, 0.25) is 0 Å². The summed E-state index contributed by atoms with van der Waals surface area (Å²) in [5.74, 6) is 0. The Labute approximate surface area is 119 Å². The molecule has 2 rings (SSSR count). The molecule has 0 aromatic rings. The maximum Gasteiger partial charge on any atom is 0.282 e. The Bertz CT molecular complexity index is 401. The van der Waals surface area contributed by atoms with Crippen molar-refractivity contribution < 1.29 is 13.2 Å². The fraction of sp³-hybridized carbons (Fsp3) is 0.818. The summed E-state index contributed by atoms with van der Waals surface area (Å²) in [5, 5.41) is 0. The average molecular weight is 310 g/mol. The number of morpholine rings is 1. The number of hydrogen-bond donors (Lipinski definition) is 0. The van der Waals surface area contributed by atoms with Crippen LogP contribution in [0.2, 0.25) is 0 Å². The summed E-state index contributed by atoms with van der Waals surface area (Å²) in [5.41, 5.74) is 1.50. The van der Waals surface area contributed by atoms with Crippen LogP contribution in [0.15, 0.2) is 11.6 Å². The number of rotatable bonds is 4. The summed E-state index contributed by atoms with van der Waals surface area (Å²) in [6.45, 7) is 5.21. The van der Waals surface area contributed by atoms with Gasteiger partial charge in [-0.1, -0.05) is 17.7 Å². The Morgan fingerprint density at radius 1 is 1.00 bits per heavy atom. The molecule has 0 radical (unpaired) electrons. The maximum absolute atomic E-state index is 12.4. The topological polar surface area (TPSA) is 53.1 Å². The summed E-state index contributed by atoms with van der Waals surface area (Å²) < 4.78 is 33.1. The summed E-state index contributed by atoms with van der Waals surface area (Å²) in [7, 11) is -3.31. The van der Waals surface area contributed by atoms with Gasteiger partial charge in [0.15, 0.2) is 0 Å². The predicted molar refractivity (Wildman–Crippen MR) is 74.3 cm³/mol. The van der Waals surface area contributed by atoms with Crippen LogP contribution in [0.3, 0.4) is 0 Å². The molecule has 0 unspecified atom stereocenters. The van der Waals surface area contributed by atoms with E-state index >= 15 is 0 Å². The molecule has 0 N–H and O–H groups in total. The molecule has 0 atom stereocenters. The van der Waals surface area contributed by atoms with Crippen molar-refractivity contribution in [3.05, 3.63) is 11.6 Å². The lowest BCUT2D eigenvalue weighted by atomic mass is 10.3. The standard InChI is InChI=1S/C11H20ClN3O3S/c12-2-1-3-13-4-6-14(7-5-13)19(16,17)15-8-10-18-11-9-15/h1-2H,3-11H2/b2-1+. The van der Waals surface area contributed by atoms with Crippen molar-refractivity contribution in [1.82, 2.24) is 13.5 Å². The minimum atomic E-state index is -3.31. The SMILES string of the molecule is O=S(=O)(N1CCOCC1)N1CCN(C/C=C/Cl)CC1. The first-order valence-corrected chi connectivity index (χ1v) is 8.28. The van der Waals surface area contributed by atoms with Gasteiger partial charge in [-0.05, 0) is 0 Å². The minimum Gasteiger partial charge on any atom is -0.379 e. The first-order chi connectivity index (χ1) is 9.14. The zero-order chi connectivity index (χ0) is 13.7. The zero-order valence-corrected chi connectivity index (χ0v) is 12.4. The first-order valence-electron chi connectivity index (χ1n) is 6.45. The van der Waals surface area contributed by atoms with Crippen molar-refractivity contribution in [2.75, 3.05) is 59.0 Å². The second-order valence-electron chi connectivity index (χ2n) is 4.58. The summed E-state index contributed by atoms with van der Waals surface area (Å²) >= 11 is 5.49. The van der Waals surface area contributed by atoms with E-state index < -0.39 is 10.2 Å². The second-order valence-corrected chi connectivity index (χ2v) is 6.76. The van der Waals surface area contributed by atoms with E-state index in [1.54, 1.807) is 4.31 Å². The van der Waals surface area contributed by atoms with Gasteiger partial charge in [-0.2, -0.15) is 17.0 Å². The summed E-state index contributed by atoms with van der Waals surface area (Å²) in [4.78, 5) is 2.18. The van der Waals surface area contributed by atoms with E-state index in [-0.39, 0.29) is 0 Å². The van der Waals surface area contributed by atoms with Crippen LogP contribution in [-0.2, 0) is 14.9 Å². The average Bonchev–Trinajstić information content (AvgIpc) is 2.46. The van der Waals surface area contributed by atoms with Gasteiger partial charge in [0, 0.05) is 51.3 Å². The van der Waals surface area contributed by atoms with Gasteiger partial charge < -0.3 is 4.74 Å². The lowest BCUT2D eigenvalue weighted by Crippen LogP contribution is -2.54. The monoisotopic (exact) mass is 309 g/mol. The third kappa shape index (κ3) is 3.90. The van der Waals surface area contributed by atoms with E-state index in [0.717, 1.165) is 19.6 Å². The van der Waals surface area contributed by atoms with E-state index in [2.05, 4.69) is 4.90 Å². The first kappa shape index (κ1) is 15.2. The molecule has 2 heterocycles. The van der Waals surface area contributed by atoms with Gasteiger partial charge in [0.1, 0.15) is 0 Å². The quantitative estimate of drug-likeness (QED) is 0.730. The van der Waals surface area contributed by atoms with Gasteiger partial charge >= 0.3 is 0 Å². The molecule has 2 aliphatic rings. The Morgan fingerprint density at radius 3 is 2.16 bits per heavy atom. The third-order valence-corrected chi connectivity index (χ3v) is 5.62. The molecule has 0 saturated carbocycles. The molecule has 0 aliphatic carbocycles. The van der Waals surface area contributed by atoms with E-state index in [0.29, 0.717) is 39.4 Å². The van der Waals surface area contributed by atoms with Crippen LogP contribution >= 0.6 is 11.6 Å². The largest absolute Gasteiger partial charge is 0.379 e. The second kappa shape index (κ2) is 7.01. The number of nitrogens with zero attached hydrogens (tertiary/aromatic N) is 3. The lowest BCUT2D eigenvalue weighted by Gasteiger charge is -2.37. The van der Waals surface area contributed by atoms with Gasteiger partial charge in [-0.3, -0.25) is 4.90 Å². The highest BCUT2D eigenvalue weighted by atomic mass is 35.5. The fourth-order valence-electron chi connectivity index (χ4n) is 2.27. The fourth-order valence-corrected chi connectivity index (χ4v) is 3.91. The normalized spacial score (nSPS) is 25.1. The molecule has 19 heavy (non-hydrogen) atoms. The zero-order valence-electron chi connectivity index (χ0n) is 10.9. The van der Waals surface area contributed by atoms with E-state index in [4.69, 9.17) is 16.3 Å². The van der Waals surface area contributed by atoms with Crippen LogP contribution < -0.4 is 0 Å². The molecule has 0 amide bonds. The van der Waals surface area contributed by atoms with Crippen molar-refractivity contribution in [1.29, 1.82) is 0 Å². The molecular formula is C11H20ClN3O3S. The number of piperazine rings is 1. The number of hydrogen-bond acceptors (Lipinski definition) is 4. The highest BCUT2D eigenvalue weighted by Gasteiger charge is 2.32. The molecule has 8 heteroatoms. The third-order valence-electron chi connectivity index (χ3n) is 3.41. The van der Waals surface area contributed by atoms with Crippen molar-refractivity contribution >= 4 is 21.8 Å². The van der Waals surface area contributed by atoms with Crippen LogP contribution in [0.5, 0.6) is 0 Å². The maximum atomic E-state index is 12.4. The highest BCUT2D eigenvalue weighted by molar-refractivity contribution is 7.86. The summed E-state index contributed by atoms with van der Waals surface area (Å²) in [6, 6.07) is 0. The number of ether oxygens (including phenoxy) is 1. The minimum absolute atomic E-state index is 0.456. The molecule has 2 fully saturated rings. The van der Waals surface area contributed by atoms with Crippen molar-refractivity contribution in [3.8, 4) is 0 Å². The molecule has 6 nitrogen and oxygen atoms in total. The van der Waals surface area contributed by atoms with Crippen molar-refractivity contribution in [3.63, 3.8) is 0 Å². The predicted octanol–water partition coefficient (Wildman–Crippen LogP) is -0.0665. The van der Waals surface area contributed by atoms with Crippen LogP contribution in [0.25, 0.3) is 0 Å². The van der Waals surface area contributed by atoms with Crippen LogP contribution in [0.1, 0.15) is 0 Å².